The van der Waals surface area contributed by atoms with E-state index in [0.717, 1.165) is 25.0 Å². The smallest absolute Gasteiger partial charge is 0.259 e. The van der Waals surface area contributed by atoms with Crippen molar-refractivity contribution in [2.24, 2.45) is 5.92 Å². The zero-order chi connectivity index (χ0) is 36.1. The van der Waals surface area contributed by atoms with Crippen molar-refractivity contribution in [3.8, 4) is 17.3 Å². The van der Waals surface area contributed by atoms with Crippen LogP contribution in [0.5, 0.6) is 11.5 Å². The monoisotopic (exact) mass is 720 g/mol. The molecule has 0 unspecified atom stereocenters. The molecule has 7 rings (SSSR count). The van der Waals surface area contributed by atoms with Crippen LogP contribution in [0.2, 0.25) is 0 Å². The number of sulfonamides is 1. The Bertz CT molecular complexity index is 2010. The number of fused-ring (bicyclic) bond motifs is 3. The molecule has 2 aromatic heterocycles. The predicted molar refractivity (Wildman–Crippen MR) is 187 cm³/mol. The Morgan fingerprint density at radius 1 is 1.16 bits per heavy atom. The number of allylic oxidation sites excluding steroid dienone is 1. The molecular weight excluding hydrogens is 676 g/mol. The summed E-state index contributed by atoms with van der Waals surface area (Å²) < 4.78 is 47.0. The van der Waals surface area contributed by atoms with Gasteiger partial charge in [0.25, 0.3) is 11.8 Å². The molecule has 272 valence electrons. The first kappa shape index (κ1) is 34.9. The lowest BCUT2D eigenvalue weighted by Gasteiger charge is -2.28. The number of hydrogen-bond acceptors (Lipinski definition) is 10. The SMILES string of the molecule is COc1ccc2c(O[C@@H]3C[C@H]4C(=O)N[C@]5(C(=O)NS(=O)(=O)C6(C)CC6)C[C@H]5/C=C\CCCCO[C@H](C)C(=O)N4C3)cc(-n3ccc(C)n3)nc2c1. The van der Waals surface area contributed by atoms with Crippen LogP contribution >= 0.6 is 0 Å². The summed E-state index contributed by atoms with van der Waals surface area (Å²) in [6.45, 7) is 5.60. The van der Waals surface area contributed by atoms with Gasteiger partial charge < -0.3 is 24.4 Å². The molecule has 0 bridgehead atoms. The number of hydrogen-bond donors (Lipinski definition) is 2. The summed E-state index contributed by atoms with van der Waals surface area (Å²) in [5.41, 5.74) is -0.0428. The lowest BCUT2D eigenvalue weighted by molar-refractivity contribution is -0.147. The molecular formula is C36H44N6O8S. The zero-order valence-corrected chi connectivity index (χ0v) is 30.1. The van der Waals surface area contributed by atoms with E-state index in [-0.39, 0.29) is 25.3 Å². The van der Waals surface area contributed by atoms with E-state index in [0.29, 0.717) is 47.7 Å². The van der Waals surface area contributed by atoms with E-state index in [1.165, 1.54) is 4.90 Å². The second-order valence-electron chi connectivity index (χ2n) is 14.3. The lowest BCUT2D eigenvalue weighted by Crippen LogP contribution is -2.57. The molecule has 5 atom stereocenters. The number of aryl methyl sites for hydroxylation is 1. The minimum atomic E-state index is -3.95. The third-order valence-electron chi connectivity index (χ3n) is 10.5. The van der Waals surface area contributed by atoms with Gasteiger partial charge in [-0.1, -0.05) is 12.2 Å². The largest absolute Gasteiger partial charge is 0.497 e. The highest BCUT2D eigenvalue weighted by atomic mass is 32.2. The number of amides is 3. The van der Waals surface area contributed by atoms with Crippen molar-refractivity contribution in [1.29, 1.82) is 0 Å². The Morgan fingerprint density at radius 2 is 1.96 bits per heavy atom. The van der Waals surface area contributed by atoms with Crippen molar-refractivity contribution in [3.05, 3.63) is 54.4 Å². The van der Waals surface area contributed by atoms with Gasteiger partial charge in [-0.05, 0) is 77.5 Å². The van der Waals surface area contributed by atoms with Crippen LogP contribution in [0.1, 0.15) is 64.5 Å². The molecule has 1 saturated heterocycles. The number of methoxy groups -OCH3 is 1. The van der Waals surface area contributed by atoms with Crippen molar-refractivity contribution in [2.75, 3.05) is 20.3 Å². The van der Waals surface area contributed by atoms with Crippen molar-refractivity contribution in [2.45, 2.75) is 94.3 Å². The fraction of sp³-hybridized carbons (Fsp3) is 0.528. The van der Waals surface area contributed by atoms with Gasteiger partial charge in [0.2, 0.25) is 15.9 Å². The Morgan fingerprint density at radius 3 is 2.69 bits per heavy atom. The number of ether oxygens (including phenoxy) is 3. The minimum absolute atomic E-state index is 0.0794. The van der Waals surface area contributed by atoms with Gasteiger partial charge in [-0.3, -0.25) is 19.1 Å². The topological polar surface area (TPSA) is 171 Å². The van der Waals surface area contributed by atoms with Crippen molar-refractivity contribution in [1.82, 2.24) is 29.7 Å². The molecule has 4 aliphatic rings. The maximum atomic E-state index is 14.2. The van der Waals surface area contributed by atoms with E-state index in [4.69, 9.17) is 19.2 Å². The van der Waals surface area contributed by atoms with Crippen LogP contribution in [0.4, 0.5) is 0 Å². The van der Waals surface area contributed by atoms with Gasteiger partial charge in [0, 0.05) is 42.7 Å². The molecule has 0 spiro atoms. The Kier molecular flexibility index (Phi) is 9.07. The standard InChI is InChI=1S/C36H44N6O8S/c1-22-12-15-42(39-22)31-19-30(27-11-10-25(48-4)17-28(27)37-31)50-26-18-29-32(43)38-36(34(45)40-51(46,47)35(3)13-14-35)20-24(36)9-7-5-6-8-16-49-23(2)33(44)41(29)21-26/h7,9-12,15,17,19,23-24,26,29H,5-6,8,13-14,16,18,20-21H2,1-4H3,(H,38,43)(H,40,45)/b9-7-/t23-,24-,26-,29+,36-/m1/s1. The summed E-state index contributed by atoms with van der Waals surface area (Å²) in [7, 11) is -2.37. The number of carbonyl (C=O) groups excluding carboxylic acids is 3. The fourth-order valence-electron chi connectivity index (χ4n) is 6.86. The van der Waals surface area contributed by atoms with Crippen molar-refractivity contribution < 1.29 is 37.0 Å². The fourth-order valence-corrected chi connectivity index (χ4v) is 8.17. The highest BCUT2D eigenvalue weighted by Gasteiger charge is 2.63. The number of nitrogens with one attached hydrogen (secondary N) is 2. The molecule has 15 heteroatoms. The normalized spacial score (nSPS) is 28.4. The number of nitrogens with zero attached hydrogens (tertiary/aromatic N) is 4. The second-order valence-corrected chi connectivity index (χ2v) is 16.5. The zero-order valence-electron chi connectivity index (χ0n) is 29.3. The first-order chi connectivity index (χ1) is 24.3. The van der Waals surface area contributed by atoms with Gasteiger partial charge >= 0.3 is 0 Å². The van der Waals surface area contributed by atoms with E-state index in [9.17, 15) is 22.8 Å². The predicted octanol–water partition coefficient (Wildman–Crippen LogP) is 3.10. The van der Waals surface area contributed by atoms with Gasteiger partial charge in [0.05, 0.1) is 29.6 Å². The van der Waals surface area contributed by atoms with Crippen molar-refractivity contribution >= 4 is 38.6 Å². The van der Waals surface area contributed by atoms with E-state index < -0.39 is 56.3 Å². The number of benzene rings is 1. The summed E-state index contributed by atoms with van der Waals surface area (Å²) in [6, 6.07) is 8.07. The van der Waals surface area contributed by atoms with E-state index >= 15 is 0 Å². The summed E-state index contributed by atoms with van der Waals surface area (Å²) in [5, 5.41) is 8.11. The summed E-state index contributed by atoms with van der Waals surface area (Å²) in [6.07, 6.45) is 7.72. The number of pyridine rings is 1. The van der Waals surface area contributed by atoms with Crippen LogP contribution in [0.3, 0.4) is 0 Å². The van der Waals surface area contributed by atoms with E-state index in [2.05, 4.69) is 15.1 Å². The average molecular weight is 721 g/mol. The molecule has 2 aliphatic carbocycles. The van der Waals surface area contributed by atoms with Gasteiger partial charge in [-0.15, -0.1) is 0 Å². The molecule has 14 nitrogen and oxygen atoms in total. The first-order valence-electron chi connectivity index (χ1n) is 17.5. The van der Waals surface area contributed by atoms with Crippen molar-refractivity contribution in [3.63, 3.8) is 0 Å². The molecule has 2 saturated carbocycles. The summed E-state index contributed by atoms with van der Waals surface area (Å²) >= 11 is 0. The van der Waals surface area contributed by atoms with Crippen LogP contribution in [0.25, 0.3) is 16.7 Å². The summed E-state index contributed by atoms with van der Waals surface area (Å²) in [5.74, 6) is -0.482. The maximum absolute atomic E-state index is 14.2. The number of carbonyl (C=O) groups is 3. The molecule has 3 aromatic rings. The number of rotatable bonds is 7. The van der Waals surface area contributed by atoms with Crippen LogP contribution < -0.4 is 19.5 Å². The third kappa shape index (κ3) is 6.80. The van der Waals surface area contributed by atoms with E-state index in [1.807, 2.05) is 31.2 Å². The molecule has 0 radical (unpaired) electrons. The number of aromatic nitrogens is 3. The third-order valence-corrected chi connectivity index (χ3v) is 12.7. The van der Waals surface area contributed by atoms with Crippen LogP contribution in [0.15, 0.2) is 48.7 Å². The highest BCUT2D eigenvalue weighted by Crippen LogP contribution is 2.47. The van der Waals surface area contributed by atoms with Crippen LogP contribution in [-0.2, 0) is 29.1 Å². The molecule has 2 N–H and O–H groups in total. The molecule has 2 aliphatic heterocycles. The maximum Gasteiger partial charge on any atom is 0.259 e. The minimum Gasteiger partial charge on any atom is -0.497 e. The van der Waals surface area contributed by atoms with Gasteiger partial charge in [-0.2, -0.15) is 5.10 Å². The van der Waals surface area contributed by atoms with Crippen LogP contribution in [-0.4, -0.2) is 94.6 Å². The van der Waals surface area contributed by atoms with Crippen LogP contribution in [0, 0.1) is 12.8 Å². The highest BCUT2D eigenvalue weighted by molar-refractivity contribution is 7.91. The average Bonchev–Trinajstić information content (AvgIpc) is 3.90. The molecule has 51 heavy (non-hydrogen) atoms. The lowest BCUT2D eigenvalue weighted by atomic mass is 10.1. The van der Waals surface area contributed by atoms with E-state index in [1.54, 1.807) is 50.0 Å². The van der Waals surface area contributed by atoms with Gasteiger partial charge in [0.15, 0.2) is 5.82 Å². The molecule has 3 fully saturated rings. The quantitative estimate of drug-likeness (QED) is 0.346. The molecule has 1 aromatic carbocycles. The molecule has 4 heterocycles. The Labute approximate surface area is 296 Å². The van der Waals surface area contributed by atoms with Gasteiger partial charge in [-0.25, -0.2) is 18.1 Å². The summed E-state index contributed by atoms with van der Waals surface area (Å²) in [4.78, 5) is 48.1. The second kappa shape index (κ2) is 13.2. The Hall–Kier alpha value is -4.50. The Balaban J connectivity index is 1.19. The first-order valence-corrected chi connectivity index (χ1v) is 19.0. The molecule has 3 amide bonds. The van der Waals surface area contributed by atoms with Gasteiger partial charge in [0.1, 0.15) is 35.3 Å².